The van der Waals surface area contributed by atoms with Crippen molar-refractivity contribution in [1.82, 2.24) is 0 Å². The van der Waals surface area contributed by atoms with Crippen molar-refractivity contribution >= 4 is 5.97 Å². The van der Waals surface area contributed by atoms with Crippen LogP contribution in [-0.4, -0.2) is 38.0 Å². The third-order valence-corrected chi connectivity index (χ3v) is 3.01. The van der Waals surface area contributed by atoms with Crippen LogP contribution in [0.4, 0.5) is 0 Å². The van der Waals surface area contributed by atoms with Gasteiger partial charge >= 0.3 is 5.97 Å². The Morgan fingerprint density at radius 2 is 2.07 bits per heavy atom. The number of carbonyl (C=O) groups is 1. The molecule has 0 amide bonds. The molecule has 1 aliphatic rings. The molecule has 82 valence electrons. The molecule has 2 unspecified atom stereocenters. The highest BCUT2D eigenvalue weighted by Gasteiger charge is 2.71. The second kappa shape index (κ2) is 3.87. The van der Waals surface area contributed by atoms with E-state index in [2.05, 4.69) is 0 Å². The zero-order chi connectivity index (χ0) is 10.8. The molecule has 1 saturated heterocycles. The van der Waals surface area contributed by atoms with E-state index >= 15 is 0 Å². The molecule has 4 nitrogen and oxygen atoms in total. The first-order valence-electron chi connectivity index (χ1n) is 4.84. The molecule has 0 aromatic carbocycles. The fourth-order valence-electron chi connectivity index (χ4n) is 1.92. The van der Waals surface area contributed by atoms with Crippen molar-refractivity contribution < 1.29 is 19.0 Å². The molecule has 1 fully saturated rings. The number of epoxide rings is 1. The quantitative estimate of drug-likeness (QED) is 0.495. The van der Waals surface area contributed by atoms with E-state index in [1.807, 2.05) is 13.8 Å². The van der Waals surface area contributed by atoms with Crippen molar-refractivity contribution in [3.05, 3.63) is 0 Å². The van der Waals surface area contributed by atoms with Gasteiger partial charge in [0.15, 0.2) is 5.60 Å². The van der Waals surface area contributed by atoms with Crippen molar-refractivity contribution in [3.63, 3.8) is 0 Å². The number of carbonyl (C=O) groups excluding carboxylic acids is 1. The molecule has 1 heterocycles. The van der Waals surface area contributed by atoms with Gasteiger partial charge in [0.25, 0.3) is 0 Å². The van der Waals surface area contributed by atoms with Gasteiger partial charge in [-0.3, -0.25) is 0 Å². The van der Waals surface area contributed by atoms with Crippen molar-refractivity contribution in [2.24, 2.45) is 0 Å². The number of hydrogen-bond acceptors (Lipinski definition) is 4. The molecular weight excluding hydrogens is 184 g/mol. The van der Waals surface area contributed by atoms with Crippen LogP contribution < -0.4 is 0 Å². The van der Waals surface area contributed by atoms with E-state index in [-0.39, 0.29) is 5.97 Å². The second-order valence-electron chi connectivity index (χ2n) is 3.75. The maximum absolute atomic E-state index is 11.5. The molecule has 2 atom stereocenters. The van der Waals surface area contributed by atoms with Gasteiger partial charge in [-0.05, 0) is 13.3 Å². The van der Waals surface area contributed by atoms with Gasteiger partial charge in [-0.1, -0.05) is 6.92 Å². The Balaban J connectivity index is 2.64. The zero-order valence-corrected chi connectivity index (χ0v) is 9.25. The van der Waals surface area contributed by atoms with E-state index in [0.717, 1.165) is 0 Å². The fourth-order valence-corrected chi connectivity index (χ4v) is 1.92. The molecule has 0 radical (unpaired) electrons. The van der Waals surface area contributed by atoms with E-state index in [0.29, 0.717) is 19.4 Å². The summed E-state index contributed by atoms with van der Waals surface area (Å²) in [6, 6.07) is 0. The van der Waals surface area contributed by atoms with Crippen LogP contribution in [0.3, 0.4) is 0 Å². The smallest absolute Gasteiger partial charge is 0.341 e. The Hall–Kier alpha value is -0.610. The summed E-state index contributed by atoms with van der Waals surface area (Å²) in [6.45, 7) is 4.44. The molecule has 0 aliphatic carbocycles. The maximum Gasteiger partial charge on any atom is 0.341 e. The van der Waals surface area contributed by atoms with Gasteiger partial charge in [0.05, 0.1) is 7.11 Å². The monoisotopic (exact) mass is 202 g/mol. The minimum Gasteiger partial charge on any atom is -0.467 e. The number of hydrogen-bond donors (Lipinski definition) is 0. The standard InChI is InChI=1S/C10H18O4/c1-5-10(8(11)13-4)9(2,14-10)6-7-12-3/h5-7H2,1-4H3. The summed E-state index contributed by atoms with van der Waals surface area (Å²) in [5.74, 6) is -0.279. The Labute approximate surface area is 84.5 Å². The predicted octanol–water partition coefficient (Wildman–Crippen LogP) is 1.13. The highest BCUT2D eigenvalue weighted by atomic mass is 16.7. The first-order chi connectivity index (χ1) is 6.56. The maximum atomic E-state index is 11.5. The van der Waals surface area contributed by atoms with Crippen LogP contribution in [0.15, 0.2) is 0 Å². The summed E-state index contributed by atoms with van der Waals surface area (Å²) in [7, 11) is 3.02. The number of methoxy groups -OCH3 is 2. The summed E-state index contributed by atoms with van der Waals surface area (Å²) in [6.07, 6.45) is 1.35. The van der Waals surface area contributed by atoms with E-state index in [9.17, 15) is 4.79 Å². The number of ether oxygens (including phenoxy) is 3. The molecule has 0 spiro atoms. The molecular formula is C10H18O4. The Morgan fingerprint density at radius 1 is 1.43 bits per heavy atom. The molecule has 0 saturated carbocycles. The van der Waals surface area contributed by atoms with Crippen molar-refractivity contribution in [2.45, 2.75) is 37.9 Å². The number of esters is 1. The Kier molecular flexibility index (Phi) is 3.17. The largest absolute Gasteiger partial charge is 0.467 e. The average molecular weight is 202 g/mol. The molecule has 1 aliphatic heterocycles. The third-order valence-electron chi connectivity index (χ3n) is 3.01. The van der Waals surface area contributed by atoms with Crippen LogP contribution in [0.2, 0.25) is 0 Å². The van der Waals surface area contributed by atoms with Gasteiger partial charge < -0.3 is 14.2 Å². The summed E-state index contributed by atoms with van der Waals surface area (Å²) in [4.78, 5) is 11.5. The van der Waals surface area contributed by atoms with Crippen LogP contribution in [0.1, 0.15) is 26.7 Å². The van der Waals surface area contributed by atoms with Gasteiger partial charge in [0.1, 0.15) is 5.60 Å². The lowest BCUT2D eigenvalue weighted by Gasteiger charge is -2.12. The minimum atomic E-state index is -0.736. The predicted molar refractivity (Wildman–Crippen MR) is 51.0 cm³/mol. The van der Waals surface area contributed by atoms with Crippen LogP contribution in [-0.2, 0) is 19.0 Å². The van der Waals surface area contributed by atoms with Gasteiger partial charge in [0.2, 0.25) is 0 Å². The Morgan fingerprint density at radius 3 is 2.50 bits per heavy atom. The average Bonchev–Trinajstić information content (AvgIpc) is 2.82. The molecule has 0 aromatic heterocycles. The van der Waals surface area contributed by atoms with E-state index in [1.54, 1.807) is 7.11 Å². The van der Waals surface area contributed by atoms with Gasteiger partial charge in [0, 0.05) is 20.1 Å². The van der Waals surface area contributed by atoms with Crippen molar-refractivity contribution in [2.75, 3.05) is 20.8 Å². The summed E-state index contributed by atoms with van der Waals surface area (Å²) in [5, 5.41) is 0. The fraction of sp³-hybridized carbons (Fsp3) is 0.900. The molecule has 4 heteroatoms. The third kappa shape index (κ3) is 1.53. The molecule has 0 N–H and O–H groups in total. The van der Waals surface area contributed by atoms with Gasteiger partial charge in [-0.2, -0.15) is 0 Å². The summed E-state index contributed by atoms with van der Waals surface area (Å²) in [5.41, 5.74) is -1.15. The lowest BCUT2D eigenvalue weighted by Crippen LogP contribution is -2.33. The first kappa shape index (κ1) is 11.5. The molecule has 0 bridgehead atoms. The zero-order valence-electron chi connectivity index (χ0n) is 9.25. The van der Waals surface area contributed by atoms with E-state index < -0.39 is 11.2 Å². The normalized spacial score (nSPS) is 35.4. The molecule has 1 rings (SSSR count). The van der Waals surface area contributed by atoms with Crippen LogP contribution in [0, 0.1) is 0 Å². The lowest BCUT2D eigenvalue weighted by atomic mass is 9.89. The van der Waals surface area contributed by atoms with Gasteiger partial charge in [-0.25, -0.2) is 4.79 Å². The van der Waals surface area contributed by atoms with Crippen LogP contribution >= 0.6 is 0 Å². The highest BCUT2D eigenvalue weighted by Crippen LogP contribution is 2.53. The van der Waals surface area contributed by atoms with Crippen LogP contribution in [0.25, 0.3) is 0 Å². The SMILES string of the molecule is CCC1(C(=O)OC)OC1(C)CCOC. The number of rotatable bonds is 5. The minimum absolute atomic E-state index is 0.279. The van der Waals surface area contributed by atoms with E-state index in [1.165, 1.54) is 7.11 Å². The Bertz CT molecular complexity index is 228. The lowest BCUT2D eigenvalue weighted by molar-refractivity contribution is -0.147. The molecule has 0 aromatic rings. The van der Waals surface area contributed by atoms with Gasteiger partial charge in [-0.15, -0.1) is 0 Å². The molecule has 14 heavy (non-hydrogen) atoms. The van der Waals surface area contributed by atoms with Crippen molar-refractivity contribution in [3.8, 4) is 0 Å². The second-order valence-corrected chi connectivity index (χ2v) is 3.75. The summed E-state index contributed by atoms with van der Waals surface area (Å²) < 4.78 is 15.3. The first-order valence-corrected chi connectivity index (χ1v) is 4.84. The van der Waals surface area contributed by atoms with Crippen LogP contribution in [0.5, 0.6) is 0 Å². The van der Waals surface area contributed by atoms with Crippen molar-refractivity contribution in [1.29, 1.82) is 0 Å². The summed E-state index contributed by atoms with van der Waals surface area (Å²) >= 11 is 0. The highest BCUT2D eigenvalue weighted by molar-refractivity contribution is 5.84. The van der Waals surface area contributed by atoms with E-state index in [4.69, 9.17) is 14.2 Å². The topological polar surface area (TPSA) is 48.1 Å².